The number of nitrogens with zero attached hydrogens (tertiary/aromatic N) is 2. The smallest absolute Gasteiger partial charge is 0.256 e. The molecule has 24 heavy (non-hydrogen) atoms. The first-order valence-corrected chi connectivity index (χ1v) is 9.46. The molecule has 1 aromatic rings. The van der Waals surface area contributed by atoms with Crippen molar-refractivity contribution in [2.24, 2.45) is 4.40 Å². The first kappa shape index (κ1) is 16.4. The maximum absolute atomic E-state index is 12.2. The van der Waals surface area contributed by atoms with Gasteiger partial charge in [0.05, 0.1) is 11.3 Å². The van der Waals surface area contributed by atoms with Crippen molar-refractivity contribution >= 4 is 21.8 Å². The molecule has 1 N–H and O–H groups in total. The van der Waals surface area contributed by atoms with Crippen molar-refractivity contribution in [1.29, 1.82) is 0 Å². The number of hydrogen-bond acceptors (Lipinski definition) is 4. The first-order chi connectivity index (χ1) is 11.5. The van der Waals surface area contributed by atoms with Crippen molar-refractivity contribution in [2.45, 2.75) is 12.8 Å². The molecule has 2 aliphatic heterocycles. The summed E-state index contributed by atoms with van der Waals surface area (Å²) >= 11 is 0. The highest BCUT2D eigenvalue weighted by molar-refractivity contribution is 7.90. The van der Waals surface area contributed by atoms with Gasteiger partial charge >= 0.3 is 0 Å². The Morgan fingerprint density at radius 2 is 2.00 bits per heavy atom. The third-order valence-electron chi connectivity index (χ3n) is 3.86. The number of amides is 1. The predicted molar refractivity (Wildman–Crippen MR) is 92.9 cm³/mol. The van der Waals surface area contributed by atoms with Crippen molar-refractivity contribution in [2.75, 3.05) is 18.8 Å². The van der Waals surface area contributed by atoms with E-state index in [1.54, 1.807) is 23.3 Å². The summed E-state index contributed by atoms with van der Waals surface area (Å²) in [7, 11) is -3.37. The normalized spacial score (nSPS) is 18.4. The molecule has 6 nitrogen and oxygen atoms in total. The molecule has 0 fully saturated rings. The van der Waals surface area contributed by atoms with E-state index < -0.39 is 10.0 Å². The molecule has 1 amide bonds. The Labute approximate surface area is 141 Å². The van der Waals surface area contributed by atoms with Crippen LogP contribution in [0.25, 0.3) is 0 Å². The molecule has 7 heteroatoms. The van der Waals surface area contributed by atoms with Gasteiger partial charge in [-0.15, -0.1) is 4.40 Å². The molecule has 2 aliphatic rings. The van der Waals surface area contributed by atoms with Crippen LogP contribution in [-0.4, -0.2) is 43.9 Å². The number of rotatable bonds is 5. The fourth-order valence-corrected chi connectivity index (χ4v) is 3.55. The van der Waals surface area contributed by atoms with Gasteiger partial charge in [-0.05, 0) is 30.6 Å². The van der Waals surface area contributed by atoms with Crippen LogP contribution in [0.5, 0.6) is 0 Å². The molecule has 0 bridgehead atoms. The van der Waals surface area contributed by atoms with Crippen LogP contribution in [0.15, 0.2) is 58.7 Å². The molecule has 126 valence electrons. The minimum Gasteiger partial charge on any atom is -0.352 e. The summed E-state index contributed by atoms with van der Waals surface area (Å²) < 4.78 is 26.6. The molecule has 0 aliphatic carbocycles. The van der Waals surface area contributed by atoms with E-state index in [0.29, 0.717) is 24.5 Å². The van der Waals surface area contributed by atoms with Gasteiger partial charge in [-0.2, -0.15) is 0 Å². The molecule has 0 spiro atoms. The number of fused-ring (bicyclic) bond motifs is 1. The van der Waals surface area contributed by atoms with Gasteiger partial charge in [-0.1, -0.05) is 30.3 Å². The second-order valence-corrected chi connectivity index (χ2v) is 7.45. The van der Waals surface area contributed by atoms with Crippen LogP contribution in [-0.2, 0) is 21.2 Å². The monoisotopic (exact) mass is 345 g/mol. The van der Waals surface area contributed by atoms with Crippen LogP contribution in [0, 0.1) is 0 Å². The van der Waals surface area contributed by atoms with Crippen LogP contribution in [0.4, 0.5) is 0 Å². The van der Waals surface area contributed by atoms with E-state index in [0.717, 1.165) is 12.8 Å². The molecule has 0 unspecified atom stereocenters. The molecular weight excluding hydrogens is 326 g/mol. The number of benzene rings is 1. The number of carbonyl (C=O) groups excluding carboxylic acids is 1. The summed E-state index contributed by atoms with van der Waals surface area (Å²) in [5.74, 6) is 0.168. The Kier molecular flexibility index (Phi) is 4.80. The number of nitrogens with one attached hydrogen (secondary N) is 1. The highest BCUT2D eigenvalue weighted by Gasteiger charge is 2.24. The lowest BCUT2D eigenvalue weighted by Crippen LogP contribution is -2.38. The summed E-state index contributed by atoms with van der Waals surface area (Å²) in [6.07, 6.45) is 6.59. The Hall–Kier alpha value is -2.41. The molecule has 0 radical (unpaired) electrons. The lowest BCUT2D eigenvalue weighted by atomic mass is 10.1. The molecule has 0 atom stereocenters. The van der Waals surface area contributed by atoms with Gasteiger partial charge in [0.15, 0.2) is 0 Å². The van der Waals surface area contributed by atoms with Crippen molar-refractivity contribution in [1.82, 2.24) is 10.2 Å². The lowest BCUT2D eigenvalue weighted by molar-refractivity contribution is -0.117. The second-order valence-electron chi connectivity index (χ2n) is 5.69. The van der Waals surface area contributed by atoms with Crippen LogP contribution >= 0.6 is 0 Å². The average Bonchev–Trinajstić information content (AvgIpc) is 2.58. The van der Waals surface area contributed by atoms with Crippen LogP contribution in [0.3, 0.4) is 0 Å². The summed E-state index contributed by atoms with van der Waals surface area (Å²) in [5.41, 5.74) is 1.76. The fraction of sp³-hybridized carbons (Fsp3) is 0.294. The Morgan fingerprint density at radius 1 is 1.21 bits per heavy atom. The first-order valence-electron chi connectivity index (χ1n) is 7.85. The van der Waals surface area contributed by atoms with E-state index in [2.05, 4.69) is 21.8 Å². The third-order valence-corrected chi connectivity index (χ3v) is 5.02. The molecule has 0 aromatic heterocycles. The quantitative estimate of drug-likeness (QED) is 0.814. The average molecular weight is 345 g/mol. The zero-order valence-electron chi connectivity index (χ0n) is 13.2. The molecular formula is C17H19N3O3S. The summed E-state index contributed by atoms with van der Waals surface area (Å²) in [6, 6.07) is 10.1. The van der Waals surface area contributed by atoms with Crippen molar-refractivity contribution in [3.63, 3.8) is 0 Å². The van der Waals surface area contributed by atoms with Gasteiger partial charge in [-0.25, -0.2) is 8.42 Å². The SMILES string of the molecule is O=C(NCCCc1ccccc1)C1=CN2CCS(=O)(=O)N=C2C=C1. The molecule has 2 heterocycles. The van der Waals surface area contributed by atoms with Gasteiger partial charge < -0.3 is 10.2 Å². The minimum absolute atomic E-state index is 0.0349. The van der Waals surface area contributed by atoms with E-state index in [4.69, 9.17) is 0 Å². The zero-order valence-corrected chi connectivity index (χ0v) is 14.0. The standard InChI is InChI=1S/C17H19N3O3S/c21-17(18-10-4-7-14-5-2-1-3-6-14)15-8-9-16-19-24(22,23)12-11-20(16)13-15/h1-3,5-6,8-9,13H,4,7,10-12H2,(H,18,21). The Bertz CT molecular complexity index is 811. The van der Waals surface area contributed by atoms with Gasteiger partial charge in [0.25, 0.3) is 15.9 Å². The van der Waals surface area contributed by atoms with Crippen LogP contribution in [0.2, 0.25) is 0 Å². The minimum atomic E-state index is -3.37. The van der Waals surface area contributed by atoms with E-state index in [1.807, 2.05) is 18.2 Å². The molecule has 3 rings (SSSR count). The van der Waals surface area contributed by atoms with E-state index >= 15 is 0 Å². The highest BCUT2D eigenvalue weighted by Crippen LogP contribution is 2.15. The molecule has 0 saturated heterocycles. The summed E-state index contributed by atoms with van der Waals surface area (Å²) in [6.45, 7) is 0.907. The third kappa shape index (κ3) is 4.11. The van der Waals surface area contributed by atoms with Gasteiger partial charge in [-0.3, -0.25) is 4.79 Å². The largest absolute Gasteiger partial charge is 0.352 e. The summed E-state index contributed by atoms with van der Waals surface area (Å²) in [5, 5.41) is 2.89. The number of carbonyl (C=O) groups is 1. The molecule has 0 saturated carbocycles. The van der Waals surface area contributed by atoms with E-state index in [-0.39, 0.29) is 11.7 Å². The number of hydrogen-bond donors (Lipinski definition) is 1. The zero-order chi connectivity index (χ0) is 17.0. The maximum atomic E-state index is 12.2. The number of amidine groups is 1. The Balaban J connectivity index is 1.51. The number of aryl methyl sites for hydroxylation is 1. The second kappa shape index (κ2) is 7.00. The van der Waals surface area contributed by atoms with Gasteiger partial charge in [0.2, 0.25) is 0 Å². The van der Waals surface area contributed by atoms with Crippen LogP contribution in [0.1, 0.15) is 12.0 Å². The van der Waals surface area contributed by atoms with Crippen LogP contribution < -0.4 is 5.32 Å². The highest BCUT2D eigenvalue weighted by atomic mass is 32.2. The van der Waals surface area contributed by atoms with Crippen molar-refractivity contribution in [3.8, 4) is 0 Å². The fourth-order valence-electron chi connectivity index (χ4n) is 2.58. The Morgan fingerprint density at radius 3 is 2.79 bits per heavy atom. The van der Waals surface area contributed by atoms with Gasteiger partial charge in [0, 0.05) is 19.3 Å². The predicted octanol–water partition coefficient (Wildman–Crippen LogP) is 1.23. The van der Waals surface area contributed by atoms with Crippen molar-refractivity contribution in [3.05, 3.63) is 59.8 Å². The van der Waals surface area contributed by atoms with E-state index in [1.165, 1.54) is 5.56 Å². The van der Waals surface area contributed by atoms with Crippen molar-refractivity contribution < 1.29 is 13.2 Å². The van der Waals surface area contributed by atoms with E-state index in [9.17, 15) is 13.2 Å². The topological polar surface area (TPSA) is 78.8 Å². The van der Waals surface area contributed by atoms with Gasteiger partial charge in [0.1, 0.15) is 5.84 Å². The molecule has 1 aromatic carbocycles. The maximum Gasteiger partial charge on any atom is 0.256 e. The summed E-state index contributed by atoms with van der Waals surface area (Å²) in [4.78, 5) is 13.9. The number of sulfonamides is 1. The lowest BCUT2D eigenvalue weighted by Gasteiger charge is -2.26.